The van der Waals surface area contributed by atoms with E-state index >= 15 is 0 Å². The summed E-state index contributed by atoms with van der Waals surface area (Å²) in [6.45, 7) is 6.03. The van der Waals surface area contributed by atoms with Crippen LogP contribution >= 0.6 is 19.6 Å². The molecule has 0 saturated carbocycles. The van der Waals surface area contributed by atoms with Gasteiger partial charge in [0, 0.05) is 18.3 Å². The SMILES string of the molecule is CCCCCCCCCCCCCCCCCCOCC(CC(COP(=O)(O)O)[N+](C)(C)C)SCCCC. The molecule has 0 aliphatic rings. The molecule has 0 rings (SSSR count). The Morgan fingerprint density at radius 3 is 1.55 bits per heavy atom. The maximum Gasteiger partial charge on any atom is 0.469 e. The van der Waals surface area contributed by atoms with Gasteiger partial charge < -0.3 is 19.0 Å². The van der Waals surface area contributed by atoms with Crippen molar-refractivity contribution in [1.82, 2.24) is 0 Å². The van der Waals surface area contributed by atoms with Crippen LogP contribution in [-0.2, 0) is 13.8 Å². The van der Waals surface area contributed by atoms with Crippen LogP contribution in [0.3, 0.4) is 0 Å². The molecule has 0 amide bonds. The van der Waals surface area contributed by atoms with Crippen LogP contribution in [0.1, 0.15) is 136 Å². The van der Waals surface area contributed by atoms with Crippen LogP contribution in [0.15, 0.2) is 0 Å². The lowest BCUT2D eigenvalue weighted by Crippen LogP contribution is -2.49. The van der Waals surface area contributed by atoms with Crippen molar-refractivity contribution in [2.45, 2.75) is 147 Å². The molecule has 2 atom stereocenters. The molecule has 38 heavy (non-hydrogen) atoms. The molecule has 8 heteroatoms. The predicted octanol–water partition coefficient (Wildman–Crippen LogP) is 8.74. The first-order valence-corrected chi connectivity index (χ1v) is 18.4. The Hall–Kier alpha value is 0.380. The molecule has 6 nitrogen and oxygen atoms in total. The highest BCUT2D eigenvalue weighted by Crippen LogP contribution is 2.37. The van der Waals surface area contributed by atoms with Crippen LogP contribution in [0, 0.1) is 0 Å². The first-order chi connectivity index (χ1) is 18.1. The van der Waals surface area contributed by atoms with E-state index in [1.165, 1.54) is 109 Å². The van der Waals surface area contributed by atoms with Crippen molar-refractivity contribution >= 4 is 19.6 Å². The van der Waals surface area contributed by atoms with E-state index in [2.05, 4.69) is 35.0 Å². The van der Waals surface area contributed by atoms with E-state index in [0.717, 1.165) is 25.2 Å². The minimum atomic E-state index is -4.46. The van der Waals surface area contributed by atoms with E-state index in [1.807, 2.05) is 11.8 Å². The molecule has 0 radical (unpaired) electrons. The summed E-state index contributed by atoms with van der Waals surface area (Å²) in [5, 5.41) is 0.310. The van der Waals surface area contributed by atoms with Gasteiger partial charge in [-0.25, -0.2) is 4.57 Å². The lowest BCUT2D eigenvalue weighted by atomic mass is 10.0. The van der Waals surface area contributed by atoms with Crippen LogP contribution in [0.2, 0.25) is 0 Å². The zero-order valence-electron chi connectivity index (χ0n) is 25.8. The van der Waals surface area contributed by atoms with E-state index in [0.29, 0.717) is 16.3 Å². The summed E-state index contributed by atoms with van der Waals surface area (Å²) >= 11 is 1.93. The van der Waals surface area contributed by atoms with Crippen molar-refractivity contribution in [2.75, 3.05) is 46.7 Å². The number of hydrogen-bond donors (Lipinski definition) is 2. The Morgan fingerprint density at radius 2 is 1.13 bits per heavy atom. The van der Waals surface area contributed by atoms with Gasteiger partial charge in [-0.15, -0.1) is 0 Å². The highest BCUT2D eigenvalue weighted by atomic mass is 32.2. The van der Waals surface area contributed by atoms with Crippen molar-refractivity contribution in [3.63, 3.8) is 0 Å². The van der Waals surface area contributed by atoms with Gasteiger partial charge in [0.15, 0.2) is 0 Å². The van der Waals surface area contributed by atoms with Crippen LogP contribution < -0.4 is 0 Å². The van der Waals surface area contributed by atoms with Crippen molar-refractivity contribution < 1.29 is 28.1 Å². The highest BCUT2D eigenvalue weighted by Gasteiger charge is 2.30. The Bertz CT molecular complexity index is 555. The summed E-state index contributed by atoms with van der Waals surface area (Å²) < 4.78 is 22.8. The number of hydrogen-bond acceptors (Lipinski definition) is 4. The van der Waals surface area contributed by atoms with E-state index in [9.17, 15) is 4.57 Å². The number of rotatable bonds is 29. The molecule has 0 aromatic carbocycles. The van der Waals surface area contributed by atoms with Gasteiger partial charge in [0.2, 0.25) is 0 Å². The van der Waals surface area contributed by atoms with E-state index < -0.39 is 7.82 Å². The molecule has 0 aromatic rings. The van der Waals surface area contributed by atoms with E-state index in [-0.39, 0.29) is 12.6 Å². The van der Waals surface area contributed by atoms with Gasteiger partial charge in [0.1, 0.15) is 12.6 Å². The fourth-order valence-corrected chi connectivity index (χ4v) is 6.35. The average molecular weight is 583 g/mol. The summed E-state index contributed by atoms with van der Waals surface area (Å²) in [6, 6.07) is 0.000834. The molecular formula is C30H65NO5PS+. The predicted molar refractivity (Wildman–Crippen MR) is 166 cm³/mol. The largest absolute Gasteiger partial charge is 0.469 e. The van der Waals surface area contributed by atoms with Crippen molar-refractivity contribution in [1.29, 1.82) is 0 Å². The van der Waals surface area contributed by atoms with E-state index in [1.54, 1.807) is 0 Å². The van der Waals surface area contributed by atoms with Gasteiger partial charge in [0.05, 0.1) is 27.7 Å². The number of nitrogens with zero attached hydrogens (tertiary/aromatic N) is 1. The van der Waals surface area contributed by atoms with Crippen molar-refractivity contribution in [3.05, 3.63) is 0 Å². The normalized spacial score (nSPS) is 14.2. The van der Waals surface area contributed by atoms with Crippen LogP contribution in [0.5, 0.6) is 0 Å². The first-order valence-electron chi connectivity index (χ1n) is 15.8. The lowest BCUT2D eigenvalue weighted by molar-refractivity contribution is -0.896. The topological polar surface area (TPSA) is 76.0 Å². The zero-order chi connectivity index (χ0) is 28.5. The second kappa shape index (κ2) is 25.1. The van der Waals surface area contributed by atoms with Gasteiger partial charge in [-0.1, -0.05) is 117 Å². The number of quaternary nitrogens is 1. The van der Waals surface area contributed by atoms with Gasteiger partial charge >= 0.3 is 7.82 Å². The number of phosphoric ester groups is 1. The van der Waals surface area contributed by atoms with Gasteiger partial charge in [-0.05, 0) is 18.6 Å². The standard InChI is InChI=1S/C30H64NO5PS/c1-6-8-10-11-12-13-14-15-16-17-18-19-20-21-22-23-24-35-28-30(38-25-9-7-2)26-29(31(3,4)5)27-36-37(32,33)34/h29-30H,6-28H2,1-5H3,(H-,32,33,34)/p+1. The molecule has 0 aromatic heterocycles. The second-order valence-corrected chi connectivity index (χ2v) is 14.7. The molecule has 0 aliphatic heterocycles. The minimum Gasteiger partial charge on any atom is -0.380 e. The molecular weight excluding hydrogens is 517 g/mol. The summed E-state index contributed by atoms with van der Waals surface area (Å²) in [5.74, 6) is 1.09. The molecule has 0 saturated heterocycles. The fraction of sp³-hybridized carbons (Fsp3) is 1.00. The van der Waals surface area contributed by atoms with Crippen molar-refractivity contribution in [2.24, 2.45) is 0 Å². The number of unbranched alkanes of at least 4 members (excludes halogenated alkanes) is 16. The van der Waals surface area contributed by atoms with Gasteiger partial charge in [-0.3, -0.25) is 4.52 Å². The monoisotopic (exact) mass is 582 g/mol. The average Bonchev–Trinajstić information content (AvgIpc) is 2.84. The molecule has 0 bridgehead atoms. The molecule has 0 aliphatic carbocycles. The quantitative estimate of drug-likeness (QED) is 0.0522. The Balaban J connectivity index is 3.94. The summed E-state index contributed by atoms with van der Waals surface area (Å²) in [4.78, 5) is 18.3. The van der Waals surface area contributed by atoms with Crippen LogP contribution in [0.4, 0.5) is 0 Å². The highest BCUT2D eigenvalue weighted by molar-refractivity contribution is 7.99. The number of phosphoric acid groups is 1. The Kier molecular flexibility index (Phi) is 25.4. The van der Waals surface area contributed by atoms with E-state index in [4.69, 9.17) is 19.0 Å². The Labute approximate surface area is 241 Å². The van der Waals surface area contributed by atoms with Gasteiger partial charge in [-0.2, -0.15) is 11.8 Å². The molecule has 0 fully saturated rings. The Morgan fingerprint density at radius 1 is 0.684 bits per heavy atom. The first kappa shape index (κ1) is 38.4. The zero-order valence-corrected chi connectivity index (χ0v) is 27.6. The molecule has 2 unspecified atom stereocenters. The minimum absolute atomic E-state index is 0.000834. The summed E-state index contributed by atoms with van der Waals surface area (Å²) in [7, 11) is 1.70. The third-order valence-corrected chi connectivity index (χ3v) is 9.17. The third kappa shape index (κ3) is 26.6. The van der Waals surface area contributed by atoms with Crippen LogP contribution in [0.25, 0.3) is 0 Å². The van der Waals surface area contributed by atoms with Crippen molar-refractivity contribution in [3.8, 4) is 0 Å². The van der Waals surface area contributed by atoms with Gasteiger partial charge in [0.25, 0.3) is 0 Å². The number of thioether (sulfide) groups is 1. The summed E-state index contributed by atoms with van der Waals surface area (Å²) in [5.41, 5.74) is 0. The fourth-order valence-electron chi connectivity index (χ4n) is 4.64. The number of likely N-dealkylation sites (N-methyl/N-ethyl adjacent to an activating group) is 1. The maximum absolute atomic E-state index is 11.2. The lowest BCUT2D eigenvalue weighted by Gasteiger charge is -2.36. The second-order valence-electron chi connectivity index (χ2n) is 12.0. The molecule has 0 spiro atoms. The molecule has 230 valence electrons. The number of ether oxygens (including phenoxy) is 1. The molecule has 0 heterocycles. The third-order valence-electron chi connectivity index (χ3n) is 7.36. The maximum atomic E-state index is 11.2. The van der Waals surface area contributed by atoms with Crippen LogP contribution in [-0.4, -0.2) is 72.3 Å². The summed E-state index contributed by atoms with van der Waals surface area (Å²) in [6.07, 6.45) is 25.1. The smallest absolute Gasteiger partial charge is 0.380 e. The molecule has 2 N–H and O–H groups in total.